The first kappa shape index (κ1) is 23.6. The minimum atomic E-state index is -3.72. The number of nitrogens with one attached hydrogen (secondary N) is 2. The van der Waals surface area contributed by atoms with E-state index in [0.29, 0.717) is 19.5 Å². The van der Waals surface area contributed by atoms with Gasteiger partial charge >= 0.3 is 0 Å². The maximum Gasteiger partial charge on any atom is 0.252 e. The summed E-state index contributed by atoms with van der Waals surface area (Å²) in [6.07, 6.45) is 2.45. The van der Waals surface area contributed by atoms with Crippen molar-refractivity contribution in [2.75, 3.05) is 26.2 Å². The smallest absolute Gasteiger partial charge is 0.252 e. The second kappa shape index (κ2) is 10.4. The Kier molecular flexibility index (Phi) is 8.45. The van der Waals surface area contributed by atoms with Gasteiger partial charge in [0.2, 0.25) is 15.9 Å². The lowest BCUT2D eigenvalue weighted by Gasteiger charge is -2.31. The fourth-order valence-electron chi connectivity index (χ4n) is 3.31. The molecule has 10 heteroatoms. The van der Waals surface area contributed by atoms with E-state index in [1.54, 1.807) is 13.8 Å². The van der Waals surface area contributed by atoms with Crippen LogP contribution in [0.1, 0.15) is 43.5 Å². The number of likely N-dealkylation sites (tertiary alicyclic amines) is 1. The van der Waals surface area contributed by atoms with Crippen LogP contribution in [0, 0.1) is 5.92 Å². The molecule has 162 valence electrons. The zero-order chi connectivity index (χ0) is 21.6. The first-order valence-corrected chi connectivity index (χ1v) is 11.6. The van der Waals surface area contributed by atoms with Crippen LogP contribution in [0.4, 0.5) is 0 Å². The van der Waals surface area contributed by atoms with Crippen molar-refractivity contribution < 1.29 is 18.0 Å². The van der Waals surface area contributed by atoms with Gasteiger partial charge in [-0.1, -0.05) is 11.6 Å². The minimum Gasteiger partial charge on any atom is -0.369 e. The van der Waals surface area contributed by atoms with Crippen molar-refractivity contribution in [2.45, 2.75) is 44.0 Å². The summed E-state index contributed by atoms with van der Waals surface area (Å²) in [5.41, 5.74) is 5.51. The van der Waals surface area contributed by atoms with Crippen molar-refractivity contribution >= 4 is 33.4 Å². The molecule has 2 amide bonds. The van der Waals surface area contributed by atoms with Crippen molar-refractivity contribution in [1.29, 1.82) is 0 Å². The summed E-state index contributed by atoms with van der Waals surface area (Å²) in [5.74, 6) is -0.800. The number of halogens is 1. The van der Waals surface area contributed by atoms with Gasteiger partial charge in [-0.05, 0) is 64.4 Å². The Morgan fingerprint density at radius 1 is 1.34 bits per heavy atom. The van der Waals surface area contributed by atoms with E-state index in [1.807, 2.05) is 0 Å². The predicted molar refractivity (Wildman–Crippen MR) is 112 cm³/mol. The summed E-state index contributed by atoms with van der Waals surface area (Å²) < 4.78 is 27.1. The number of rotatable bonds is 9. The summed E-state index contributed by atoms with van der Waals surface area (Å²) >= 11 is 6.10. The van der Waals surface area contributed by atoms with Crippen molar-refractivity contribution in [3.05, 3.63) is 28.8 Å². The third-order valence-corrected chi connectivity index (χ3v) is 6.71. The predicted octanol–water partition coefficient (Wildman–Crippen LogP) is 1.34. The molecule has 1 aromatic rings. The molecule has 8 nitrogen and oxygen atoms in total. The molecule has 1 aromatic carbocycles. The summed E-state index contributed by atoms with van der Waals surface area (Å²) in [6, 6.07) is 3.79. The van der Waals surface area contributed by atoms with Crippen LogP contribution in [0.15, 0.2) is 23.1 Å². The van der Waals surface area contributed by atoms with Gasteiger partial charge in [0.05, 0.1) is 21.4 Å². The number of piperidine rings is 1. The van der Waals surface area contributed by atoms with Crippen LogP contribution in [0.2, 0.25) is 5.02 Å². The van der Waals surface area contributed by atoms with Crippen molar-refractivity contribution in [3.63, 3.8) is 0 Å². The molecule has 29 heavy (non-hydrogen) atoms. The maximum absolute atomic E-state index is 12.5. The Hall–Kier alpha value is -1.68. The SMILES string of the molecule is CC(C)NS(=O)(=O)c1ccc(Cl)c(C(=O)NCCCN2CCCC(C(N)=O)C2)c1. The van der Waals surface area contributed by atoms with Crippen LogP contribution in [0.5, 0.6) is 0 Å². The van der Waals surface area contributed by atoms with Gasteiger partial charge in [0, 0.05) is 19.1 Å². The molecule has 0 bridgehead atoms. The number of hydrogen-bond acceptors (Lipinski definition) is 5. The number of nitrogens with zero attached hydrogens (tertiary/aromatic N) is 1. The molecule has 0 saturated carbocycles. The number of hydrogen-bond donors (Lipinski definition) is 3. The molecule has 1 heterocycles. The van der Waals surface area contributed by atoms with Gasteiger partial charge < -0.3 is 16.0 Å². The van der Waals surface area contributed by atoms with Crippen LogP contribution in [-0.2, 0) is 14.8 Å². The summed E-state index contributed by atoms with van der Waals surface area (Å²) in [5, 5.41) is 2.96. The van der Waals surface area contributed by atoms with Crippen LogP contribution in [-0.4, -0.2) is 57.4 Å². The first-order valence-electron chi connectivity index (χ1n) is 9.72. The molecule has 1 aliphatic heterocycles. The summed E-state index contributed by atoms with van der Waals surface area (Å²) in [6.45, 7) is 6.15. The van der Waals surface area contributed by atoms with Gasteiger partial charge in [-0.25, -0.2) is 13.1 Å². The normalized spacial score (nSPS) is 18.0. The van der Waals surface area contributed by atoms with Gasteiger partial charge in [-0.3, -0.25) is 9.59 Å². The van der Waals surface area contributed by atoms with E-state index >= 15 is 0 Å². The number of amides is 2. The number of benzene rings is 1. The van der Waals surface area contributed by atoms with E-state index in [2.05, 4.69) is 14.9 Å². The van der Waals surface area contributed by atoms with Crippen LogP contribution in [0.25, 0.3) is 0 Å². The van der Waals surface area contributed by atoms with Crippen molar-refractivity contribution in [2.24, 2.45) is 11.7 Å². The fourth-order valence-corrected chi connectivity index (χ4v) is 4.79. The second-order valence-corrected chi connectivity index (χ2v) is 9.69. The zero-order valence-electron chi connectivity index (χ0n) is 16.8. The van der Waals surface area contributed by atoms with Crippen molar-refractivity contribution in [1.82, 2.24) is 14.9 Å². The monoisotopic (exact) mass is 444 g/mol. The molecule has 4 N–H and O–H groups in total. The third kappa shape index (κ3) is 6.95. The van der Waals surface area contributed by atoms with Gasteiger partial charge in [0.15, 0.2) is 0 Å². The topological polar surface area (TPSA) is 122 Å². The number of nitrogens with two attached hydrogens (primary N) is 1. The molecule has 0 radical (unpaired) electrons. The highest BCUT2D eigenvalue weighted by atomic mass is 35.5. The Morgan fingerprint density at radius 3 is 2.72 bits per heavy atom. The highest BCUT2D eigenvalue weighted by Crippen LogP contribution is 2.21. The summed E-state index contributed by atoms with van der Waals surface area (Å²) in [4.78, 5) is 26.0. The Morgan fingerprint density at radius 2 is 2.07 bits per heavy atom. The lowest BCUT2D eigenvalue weighted by molar-refractivity contribution is -0.123. The van der Waals surface area contributed by atoms with E-state index in [9.17, 15) is 18.0 Å². The molecule has 1 saturated heterocycles. The van der Waals surface area contributed by atoms with E-state index in [1.165, 1.54) is 18.2 Å². The molecular weight excluding hydrogens is 416 g/mol. The highest BCUT2D eigenvalue weighted by Gasteiger charge is 2.23. The van der Waals surface area contributed by atoms with E-state index in [-0.39, 0.29) is 33.3 Å². The molecule has 1 aliphatic rings. The Balaban J connectivity index is 1.90. The third-order valence-electron chi connectivity index (χ3n) is 4.73. The van der Waals surface area contributed by atoms with Crippen LogP contribution >= 0.6 is 11.6 Å². The molecule has 1 atom stereocenters. The van der Waals surface area contributed by atoms with Crippen LogP contribution in [0.3, 0.4) is 0 Å². The van der Waals surface area contributed by atoms with E-state index < -0.39 is 15.9 Å². The average Bonchev–Trinajstić information content (AvgIpc) is 2.64. The van der Waals surface area contributed by atoms with E-state index in [0.717, 1.165) is 25.9 Å². The second-order valence-electron chi connectivity index (χ2n) is 7.57. The Bertz CT molecular complexity index is 845. The van der Waals surface area contributed by atoms with Gasteiger partial charge in [-0.15, -0.1) is 0 Å². The number of carbonyl (C=O) groups is 2. The van der Waals surface area contributed by atoms with Crippen molar-refractivity contribution in [3.8, 4) is 0 Å². The highest BCUT2D eigenvalue weighted by molar-refractivity contribution is 7.89. The Labute approximate surface area is 177 Å². The molecule has 0 spiro atoms. The fraction of sp³-hybridized carbons (Fsp3) is 0.579. The maximum atomic E-state index is 12.5. The van der Waals surface area contributed by atoms with Gasteiger partial charge in [0.1, 0.15) is 0 Å². The minimum absolute atomic E-state index is 0.00781. The van der Waals surface area contributed by atoms with Crippen LogP contribution < -0.4 is 15.8 Å². The summed E-state index contributed by atoms with van der Waals surface area (Å²) in [7, 11) is -3.72. The number of sulfonamides is 1. The molecule has 1 fully saturated rings. The largest absolute Gasteiger partial charge is 0.369 e. The standard InChI is InChI=1S/C19H29ClN4O4S/c1-13(2)23-29(27,28)15-6-7-17(20)16(11-15)19(26)22-8-4-10-24-9-3-5-14(12-24)18(21)25/h6-7,11,13-14,23H,3-5,8-10,12H2,1-2H3,(H2,21,25)(H,22,26). The lowest BCUT2D eigenvalue weighted by Crippen LogP contribution is -2.42. The molecular formula is C19H29ClN4O4S. The quantitative estimate of drug-likeness (QED) is 0.496. The molecule has 0 aromatic heterocycles. The number of carbonyl (C=O) groups excluding carboxylic acids is 2. The molecule has 0 aliphatic carbocycles. The van der Waals surface area contributed by atoms with E-state index in [4.69, 9.17) is 17.3 Å². The average molecular weight is 445 g/mol. The first-order chi connectivity index (χ1) is 13.6. The number of primary amides is 1. The zero-order valence-corrected chi connectivity index (χ0v) is 18.4. The molecule has 1 unspecified atom stereocenters. The molecule has 2 rings (SSSR count). The van der Waals surface area contributed by atoms with Gasteiger partial charge in [0.25, 0.3) is 5.91 Å². The van der Waals surface area contributed by atoms with Gasteiger partial charge in [-0.2, -0.15) is 0 Å². The lowest BCUT2D eigenvalue weighted by atomic mass is 9.97.